The lowest BCUT2D eigenvalue weighted by molar-refractivity contribution is -0.135. The number of carbonyl (C=O) groups excluding carboxylic acids is 2. The number of nitrogens with zero attached hydrogens (tertiary/aromatic N) is 2. The van der Waals surface area contributed by atoms with Crippen LogP contribution in [0.5, 0.6) is 5.75 Å². The van der Waals surface area contributed by atoms with Gasteiger partial charge in [0.15, 0.2) is 0 Å². The molecule has 1 aromatic carbocycles. The highest BCUT2D eigenvalue weighted by Crippen LogP contribution is 2.28. The molecule has 1 saturated heterocycles. The zero-order valence-corrected chi connectivity index (χ0v) is 14.4. The van der Waals surface area contributed by atoms with E-state index in [9.17, 15) is 14.4 Å². The lowest BCUT2D eigenvalue weighted by Crippen LogP contribution is -2.44. The number of aromatic nitrogens is 2. The van der Waals surface area contributed by atoms with Crippen LogP contribution in [-0.2, 0) is 16.6 Å². The molecule has 2 N–H and O–H groups in total. The van der Waals surface area contributed by atoms with Gasteiger partial charge in [-0.3, -0.25) is 24.0 Å². The van der Waals surface area contributed by atoms with E-state index in [4.69, 9.17) is 4.74 Å². The molecule has 1 unspecified atom stereocenters. The average Bonchev–Trinajstić information content (AvgIpc) is 2.84. The number of piperidine rings is 1. The molecule has 3 rings (SSSR count). The Morgan fingerprint density at radius 3 is 2.84 bits per heavy atom. The molecule has 1 aliphatic rings. The number of imidazole rings is 1. The first-order valence-electron chi connectivity index (χ1n) is 8.35. The third-order valence-corrected chi connectivity index (χ3v) is 4.42. The second kappa shape index (κ2) is 7.10. The quantitative estimate of drug-likeness (QED) is 0.580. The first kappa shape index (κ1) is 17.2. The molecule has 0 radical (unpaired) electrons. The van der Waals surface area contributed by atoms with Gasteiger partial charge in [-0.05, 0) is 38.6 Å². The number of benzene rings is 1. The Hall–Kier alpha value is -2.61. The fraction of sp³-hybridized carbons (Fsp3) is 0.471. The van der Waals surface area contributed by atoms with Gasteiger partial charge in [0.05, 0.1) is 12.1 Å². The molecule has 0 spiro atoms. The lowest BCUT2D eigenvalue weighted by atomic mass is 10.1. The number of aryl methyl sites for hydroxylation is 1. The zero-order valence-electron chi connectivity index (χ0n) is 14.4. The molecule has 8 nitrogen and oxygen atoms in total. The van der Waals surface area contributed by atoms with Crippen molar-refractivity contribution in [2.24, 2.45) is 7.05 Å². The fourth-order valence-corrected chi connectivity index (χ4v) is 3.18. The van der Waals surface area contributed by atoms with Crippen molar-refractivity contribution in [2.45, 2.75) is 25.3 Å². The Kier molecular flexibility index (Phi) is 4.89. The summed E-state index contributed by atoms with van der Waals surface area (Å²) in [5, 5.41) is 5.36. The summed E-state index contributed by atoms with van der Waals surface area (Å²) >= 11 is 0. The van der Waals surface area contributed by atoms with Crippen molar-refractivity contribution in [3.05, 3.63) is 28.7 Å². The Bertz CT molecular complexity index is 867. The SMILES string of the molecule is CNCCCOc1cccc2c1n(C)c(=O)n2C1CCC(=O)NC1=O. The molecule has 1 aromatic heterocycles. The summed E-state index contributed by atoms with van der Waals surface area (Å²) in [7, 11) is 3.54. The molecule has 8 heteroatoms. The molecule has 0 aliphatic carbocycles. The number of para-hydroxylation sites is 1. The number of fused-ring (bicyclic) bond motifs is 1. The predicted octanol–water partition coefficient (Wildman–Crippen LogP) is 0.306. The second-order valence-corrected chi connectivity index (χ2v) is 6.11. The molecule has 2 amide bonds. The Labute approximate surface area is 144 Å². The first-order chi connectivity index (χ1) is 12.0. The van der Waals surface area contributed by atoms with Crippen LogP contribution in [0.15, 0.2) is 23.0 Å². The van der Waals surface area contributed by atoms with E-state index >= 15 is 0 Å². The number of rotatable bonds is 6. The smallest absolute Gasteiger partial charge is 0.329 e. The van der Waals surface area contributed by atoms with Crippen molar-refractivity contribution in [3.63, 3.8) is 0 Å². The van der Waals surface area contributed by atoms with Gasteiger partial charge >= 0.3 is 5.69 Å². The molecule has 2 heterocycles. The van der Waals surface area contributed by atoms with Crippen LogP contribution in [0.25, 0.3) is 11.0 Å². The van der Waals surface area contributed by atoms with Gasteiger partial charge in [-0.2, -0.15) is 0 Å². The maximum atomic E-state index is 12.7. The van der Waals surface area contributed by atoms with E-state index in [1.54, 1.807) is 19.2 Å². The van der Waals surface area contributed by atoms with E-state index in [0.717, 1.165) is 13.0 Å². The molecule has 1 aliphatic heterocycles. The zero-order chi connectivity index (χ0) is 18.0. The third kappa shape index (κ3) is 3.17. The normalized spacial score (nSPS) is 17.8. The van der Waals surface area contributed by atoms with E-state index in [-0.39, 0.29) is 18.0 Å². The van der Waals surface area contributed by atoms with Gasteiger partial charge in [0.1, 0.15) is 17.3 Å². The van der Waals surface area contributed by atoms with E-state index in [1.807, 2.05) is 13.1 Å². The number of carbonyl (C=O) groups is 2. The number of ether oxygens (including phenoxy) is 1. The van der Waals surface area contributed by atoms with Crippen molar-refractivity contribution < 1.29 is 14.3 Å². The van der Waals surface area contributed by atoms with Crippen molar-refractivity contribution in [1.82, 2.24) is 19.8 Å². The van der Waals surface area contributed by atoms with Crippen molar-refractivity contribution in [2.75, 3.05) is 20.2 Å². The van der Waals surface area contributed by atoms with Gasteiger partial charge in [-0.25, -0.2) is 4.79 Å². The molecular weight excluding hydrogens is 324 g/mol. The maximum absolute atomic E-state index is 12.7. The Morgan fingerprint density at radius 1 is 1.32 bits per heavy atom. The molecule has 0 saturated carbocycles. The fourth-order valence-electron chi connectivity index (χ4n) is 3.18. The molecule has 0 bridgehead atoms. The number of amides is 2. The monoisotopic (exact) mass is 346 g/mol. The molecule has 134 valence electrons. The van der Waals surface area contributed by atoms with Crippen LogP contribution in [-0.4, -0.2) is 41.1 Å². The van der Waals surface area contributed by atoms with Gasteiger partial charge in [-0.15, -0.1) is 0 Å². The average molecular weight is 346 g/mol. The van der Waals surface area contributed by atoms with E-state index in [2.05, 4.69) is 10.6 Å². The minimum absolute atomic E-state index is 0.222. The van der Waals surface area contributed by atoms with Crippen molar-refractivity contribution in [1.29, 1.82) is 0 Å². The second-order valence-electron chi connectivity index (χ2n) is 6.11. The minimum atomic E-state index is -0.687. The molecular formula is C17H22N4O4. The van der Waals surface area contributed by atoms with Gasteiger partial charge in [0.25, 0.3) is 0 Å². The molecule has 1 fully saturated rings. The van der Waals surface area contributed by atoms with Gasteiger partial charge in [0, 0.05) is 13.5 Å². The summed E-state index contributed by atoms with van der Waals surface area (Å²) < 4.78 is 8.78. The molecule has 25 heavy (non-hydrogen) atoms. The summed E-state index contributed by atoms with van der Waals surface area (Å²) in [6, 6.07) is 4.72. The van der Waals surface area contributed by atoms with E-state index in [0.29, 0.717) is 29.8 Å². The van der Waals surface area contributed by atoms with Crippen LogP contribution in [0.2, 0.25) is 0 Å². The largest absolute Gasteiger partial charge is 0.491 e. The van der Waals surface area contributed by atoms with Crippen LogP contribution in [0.4, 0.5) is 0 Å². The van der Waals surface area contributed by atoms with Crippen LogP contribution >= 0.6 is 0 Å². The van der Waals surface area contributed by atoms with Gasteiger partial charge in [0.2, 0.25) is 11.8 Å². The maximum Gasteiger partial charge on any atom is 0.329 e. The van der Waals surface area contributed by atoms with Gasteiger partial charge in [-0.1, -0.05) is 6.07 Å². The molecule has 1 atom stereocenters. The summed E-state index contributed by atoms with van der Waals surface area (Å²) in [5.41, 5.74) is 0.991. The van der Waals surface area contributed by atoms with Crippen LogP contribution in [0, 0.1) is 0 Å². The Morgan fingerprint density at radius 2 is 2.12 bits per heavy atom. The summed E-state index contributed by atoms with van der Waals surface area (Å²) in [4.78, 5) is 36.3. The van der Waals surface area contributed by atoms with E-state index in [1.165, 1.54) is 9.13 Å². The summed E-state index contributed by atoms with van der Waals surface area (Å²) in [5.74, 6) is -0.131. The topological polar surface area (TPSA) is 94.4 Å². The number of hydrogen-bond donors (Lipinski definition) is 2. The molecule has 2 aromatic rings. The Balaban J connectivity index is 2.00. The summed E-state index contributed by atoms with van der Waals surface area (Å²) in [6.07, 6.45) is 1.38. The van der Waals surface area contributed by atoms with E-state index < -0.39 is 11.9 Å². The third-order valence-electron chi connectivity index (χ3n) is 4.42. The first-order valence-corrected chi connectivity index (χ1v) is 8.35. The highest BCUT2D eigenvalue weighted by Gasteiger charge is 2.31. The minimum Gasteiger partial charge on any atom is -0.491 e. The number of imide groups is 1. The van der Waals surface area contributed by atoms with Crippen molar-refractivity contribution >= 4 is 22.8 Å². The van der Waals surface area contributed by atoms with Crippen LogP contribution in [0.1, 0.15) is 25.3 Å². The van der Waals surface area contributed by atoms with Gasteiger partial charge < -0.3 is 10.1 Å². The van der Waals surface area contributed by atoms with Crippen LogP contribution in [0.3, 0.4) is 0 Å². The van der Waals surface area contributed by atoms with Crippen molar-refractivity contribution in [3.8, 4) is 5.75 Å². The highest BCUT2D eigenvalue weighted by atomic mass is 16.5. The highest BCUT2D eigenvalue weighted by molar-refractivity contribution is 6.00. The number of nitrogens with one attached hydrogen (secondary N) is 2. The predicted molar refractivity (Wildman–Crippen MR) is 92.6 cm³/mol. The standard InChI is InChI=1S/C17H22N4O4/c1-18-9-4-10-25-13-6-3-5-11-15(13)20(2)17(24)21(11)12-7-8-14(22)19-16(12)23/h3,5-6,12,18H,4,7-10H2,1-2H3,(H,19,22,23). The summed E-state index contributed by atoms with van der Waals surface area (Å²) in [6.45, 7) is 1.37. The lowest BCUT2D eigenvalue weighted by Gasteiger charge is -2.21. The number of hydrogen-bond acceptors (Lipinski definition) is 5. The van der Waals surface area contributed by atoms with Crippen LogP contribution < -0.4 is 21.1 Å².